The molecule has 8 nitrogen and oxygen atoms in total. The number of nitrogens with zero attached hydrogens (tertiary/aromatic N) is 5. The van der Waals surface area contributed by atoms with Gasteiger partial charge in [0.25, 0.3) is 0 Å². The number of nitrogens with one attached hydrogen (secondary N) is 2. The molecule has 4 rings (SSSR count). The van der Waals surface area contributed by atoms with Gasteiger partial charge >= 0.3 is 0 Å². The maximum absolute atomic E-state index is 5.50. The highest BCUT2D eigenvalue weighted by molar-refractivity contribution is 5.79. The lowest BCUT2D eigenvalue weighted by atomic mass is 9.79. The van der Waals surface area contributed by atoms with Crippen LogP contribution in [0.2, 0.25) is 0 Å². The average molecular weight is 442 g/mol. The summed E-state index contributed by atoms with van der Waals surface area (Å²) in [4.78, 5) is 7.61. The Bertz CT molecular complexity index is 817. The summed E-state index contributed by atoms with van der Waals surface area (Å²) in [6, 6.07) is 3.89. The molecule has 0 radical (unpaired) electrons. The fraction of sp³-hybridized carbons (Fsp3) is 0.708. The largest absolute Gasteiger partial charge is 0.467 e. The predicted molar refractivity (Wildman–Crippen MR) is 126 cm³/mol. The van der Waals surface area contributed by atoms with Gasteiger partial charge in [-0.15, -0.1) is 10.2 Å². The molecule has 0 atom stereocenters. The van der Waals surface area contributed by atoms with Crippen LogP contribution in [0.3, 0.4) is 0 Å². The van der Waals surface area contributed by atoms with Crippen molar-refractivity contribution in [3.63, 3.8) is 0 Å². The second kappa shape index (κ2) is 11.5. The SMILES string of the molecule is CCc1nncn1CCNC(=NCc1ccco1)NCC1(N2CCCCC2)CCCCC1. The Kier molecular flexibility index (Phi) is 8.20. The second-order valence-corrected chi connectivity index (χ2v) is 9.15. The van der Waals surface area contributed by atoms with E-state index in [0.29, 0.717) is 6.54 Å². The Hall–Kier alpha value is -2.35. The molecule has 1 aliphatic heterocycles. The number of hydrogen-bond acceptors (Lipinski definition) is 5. The van der Waals surface area contributed by atoms with Gasteiger partial charge in [-0.1, -0.05) is 32.6 Å². The van der Waals surface area contributed by atoms with Crippen LogP contribution >= 0.6 is 0 Å². The first-order valence-electron chi connectivity index (χ1n) is 12.5. The minimum absolute atomic E-state index is 0.259. The molecule has 176 valence electrons. The van der Waals surface area contributed by atoms with Crippen molar-refractivity contribution in [3.05, 3.63) is 36.3 Å². The quantitative estimate of drug-likeness (QED) is 0.459. The van der Waals surface area contributed by atoms with Gasteiger partial charge in [-0.25, -0.2) is 4.99 Å². The lowest BCUT2D eigenvalue weighted by Gasteiger charge is -2.48. The number of guanidine groups is 1. The molecular weight excluding hydrogens is 402 g/mol. The minimum Gasteiger partial charge on any atom is -0.467 e. The molecule has 2 N–H and O–H groups in total. The van der Waals surface area contributed by atoms with E-state index in [9.17, 15) is 0 Å². The molecule has 1 saturated carbocycles. The third-order valence-corrected chi connectivity index (χ3v) is 7.03. The summed E-state index contributed by atoms with van der Waals surface area (Å²) in [5, 5.41) is 15.5. The van der Waals surface area contributed by atoms with E-state index >= 15 is 0 Å². The van der Waals surface area contributed by atoms with Crippen molar-refractivity contribution in [2.45, 2.75) is 83.3 Å². The molecule has 1 aliphatic carbocycles. The zero-order chi connectivity index (χ0) is 22.1. The van der Waals surface area contributed by atoms with Crippen LogP contribution in [-0.2, 0) is 19.5 Å². The van der Waals surface area contributed by atoms with Crippen molar-refractivity contribution in [2.24, 2.45) is 4.99 Å². The van der Waals surface area contributed by atoms with Gasteiger partial charge in [0.15, 0.2) is 5.96 Å². The zero-order valence-corrected chi connectivity index (χ0v) is 19.6. The van der Waals surface area contributed by atoms with E-state index < -0.39 is 0 Å². The van der Waals surface area contributed by atoms with E-state index in [0.717, 1.165) is 43.6 Å². The first-order valence-corrected chi connectivity index (χ1v) is 12.5. The summed E-state index contributed by atoms with van der Waals surface area (Å²) in [5.41, 5.74) is 0.259. The lowest BCUT2D eigenvalue weighted by molar-refractivity contribution is 0.0368. The van der Waals surface area contributed by atoms with E-state index in [-0.39, 0.29) is 5.54 Å². The molecule has 32 heavy (non-hydrogen) atoms. The molecule has 0 spiro atoms. The normalized spacial score (nSPS) is 19.7. The number of piperidine rings is 1. The number of hydrogen-bond donors (Lipinski definition) is 2. The summed E-state index contributed by atoms with van der Waals surface area (Å²) < 4.78 is 7.60. The number of likely N-dealkylation sites (tertiary alicyclic amines) is 1. The Labute approximate surface area is 191 Å². The van der Waals surface area contributed by atoms with Gasteiger partial charge in [-0.05, 0) is 50.9 Å². The molecule has 8 heteroatoms. The van der Waals surface area contributed by atoms with Crippen LogP contribution in [0.25, 0.3) is 0 Å². The third-order valence-electron chi connectivity index (χ3n) is 7.03. The van der Waals surface area contributed by atoms with Crippen molar-refractivity contribution < 1.29 is 4.42 Å². The van der Waals surface area contributed by atoms with Crippen molar-refractivity contribution in [1.82, 2.24) is 30.3 Å². The molecule has 3 heterocycles. The Morgan fingerprint density at radius 1 is 1.12 bits per heavy atom. The topological polar surface area (TPSA) is 83.5 Å². The summed E-state index contributed by atoms with van der Waals surface area (Å²) in [6.07, 6.45) is 15.0. The van der Waals surface area contributed by atoms with Crippen molar-refractivity contribution in [3.8, 4) is 0 Å². The Morgan fingerprint density at radius 2 is 1.94 bits per heavy atom. The van der Waals surface area contributed by atoms with Gasteiger partial charge < -0.3 is 19.6 Å². The van der Waals surface area contributed by atoms with Crippen LogP contribution in [0.15, 0.2) is 34.1 Å². The predicted octanol–water partition coefficient (Wildman–Crippen LogP) is 3.36. The van der Waals surface area contributed by atoms with E-state index in [2.05, 4.69) is 37.2 Å². The average Bonchev–Trinajstić information content (AvgIpc) is 3.53. The van der Waals surface area contributed by atoms with Crippen LogP contribution in [0.1, 0.15) is 69.9 Å². The second-order valence-electron chi connectivity index (χ2n) is 9.15. The molecule has 0 unspecified atom stereocenters. The van der Waals surface area contributed by atoms with E-state index in [1.54, 1.807) is 12.6 Å². The van der Waals surface area contributed by atoms with Crippen molar-refractivity contribution in [1.29, 1.82) is 0 Å². The maximum atomic E-state index is 5.50. The summed E-state index contributed by atoms with van der Waals surface area (Å²) in [6.45, 7) is 7.65. The number of aromatic nitrogens is 3. The van der Waals surface area contributed by atoms with E-state index in [1.807, 2.05) is 12.1 Å². The standard InChI is InChI=1S/C24H39N7O/c1-2-22-29-28-20-30(22)16-13-25-23(26-18-21-10-9-17-32-21)27-19-24(11-5-3-6-12-24)31-14-7-4-8-15-31/h9-10,17,20H,2-8,11-16,18-19H2,1H3,(H2,25,26,27). The van der Waals surface area contributed by atoms with E-state index in [4.69, 9.17) is 9.41 Å². The van der Waals surface area contributed by atoms with Crippen LogP contribution in [0, 0.1) is 0 Å². The highest BCUT2D eigenvalue weighted by Gasteiger charge is 2.38. The maximum Gasteiger partial charge on any atom is 0.191 e. The molecule has 2 fully saturated rings. The molecule has 0 aromatic carbocycles. The van der Waals surface area contributed by atoms with Gasteiger partial charge in [-0.2, -0.15) is 0 Å². The smallest absolute Gasteiger partial charge is 0.191 e. The number of rotatable bonds is 9. The monoisotopic (exact) mass is 441 g/mol. The van der Waals surface area contributed by atoms with Gasteiger partial charge in [0.1, 0.15) is 24.5 Å². The number of aliphatic imine (C=N–C) groups is 1. The van der Waals surface area contributed by atoms with Crippen LogP contribution in [0.5, 0.6) is 0 Å². The molecule has 2 aliphatic rings. The van der Waals surface area contributed by atoms with Gasteiger partial charge in [0, 0.05) is 31.6 Å². The summed E-state index contributed by atoms with van der Waals surface area (Å²) >= 11 is 0. The molecule has 1 saturated heterocycles. The highest BCUT2D eigenvalue weighted by atomic mass is 16.3. The summed E-state index contributed by atoms with van der Waals surface area (Å²) in [7, 11) is 0. The third kappa shape index (κ3) is 5.91. The van der Waals surface area contributed by atoms with Gasteiger partial charge in [-0.3, -0.25) is 4.90 Å². The fourth-order valence-corrected chi connectivity index (χ4v) is 5.20. The van der Waals surface area contributed by atoms with Gasteiger partial charge in [0.2, 0.25) is 0 Å². The van der Waals surface area contributed by atoms with Crippen LogP contribution in [-0.4, -0.2) is 57.3 Å². The van der Waals surface area contributed by atoms with E-state index in [1.165, 1.54) is 64.5 Å². The molecule has 2 aromatic heterocycles. The fourth-order valence-electron chi connectivity index (χ4n) is 5.20. The zero-order valence-electron chi connectivity index (χ0n) is 19.6. The number of furan rings is 1. The Balaban J connectivity index is 1.40. The molecule has 2 aromatic rings. The minimum atomic E-state index is 0.259. The van der Waals surface area contributed by atoms with Gasteiger partial charge in [0.05, 0.1) is 6.26 Å². The first-order chi connectivity index (χ1) is 15.8. The first kappa shape index (κ1) is 22.8. The van der Waals surface area contributed by atoms with Crippen LogP contribution in [0.4, 0.5) is 0 Å². The van der Waals surface area contributed by atoms with Crippen molar-refractivity contribution >= 4 is 5.96 Å². The Morgan fingerprint density at radius 3 is 2.69 bits per heavy atom. The molecular formula is C24H39N7O. The van der Waals surface area contributed by atoms with Crippen LogP contribution < -0.4 is 10.6 Å². The molecule has 0 amide bonds. The summed E-state index contributed by atoms with van der Waals surface area (Å²) in [5.74, 6) is 2.75. The highest BCUT2D eigenvalue weighted by Crippen LogP contribution is 2.35. The molecule has 0 bridgehead atoms. The lowest BCUT2D eigenvalue weighted by Crippen LogP contribution is -2.59. The van der Waals surface area contributed by atoms with Crippen molar-refractivity contribution in [2.75, 3.05) is 26.2 Å². The number of aryl methyl sites for hydroxylation is 1.